The Morgan fingerprint density at radius 1 is 1.62 bits per heavy atom. The predicted octanol–water partition coefficient (Wildman–Crippen LogP) is 0.957. The van der Waals surface area contributed by atoms with Gasteiger partial charge in [-0.05, 0) is 17.7 Å². The third-order valence-corrected chi connectivity index (χ3v) is 2.14. The van der Waals surface area contributed by atoms with Crippen molar-refractivity contribution >= 4 is 12.4 Å². The normalized spacial score (nSPS) is 11.6. The van der Waals surface area contributed by atoms with Gasteiger partial charge in [0.2, 0.25) is 6.41 Å². The Bertz CT molecular complexity index is 378. The third-order valence-electron chi connectivity index (χ3n) is 2.14. The highest BCUT2D eigenvalue weighted by Crippen LogP contribution is 2.21. The van der Waals surface area contributed by atoms with E-state index in [1.54, 1.807) is 24.3 Å². The first-order chi connectivity index (χ1) is 7.67. The fraction of sp³-hybridized carbons (Fsp3) is 0.273. The van der Waals surface area contributed by atoms with Gasteiger partial charge < -0.3 is 15.2 Å². The Morgan fingerprint density at radius 3 is 2.94 bits per heavy atom. The Hall–Kier alpha value is -2.04. The van der Waals surface area contributed by atoms with E-state index in [1.807, 2.05) is 0 Å². The average molecular weight is 223 g/mol. The first-order valence-corrected chi connectivity index (χ1v) is 4.72. The second kappa shape index (κ2) is 5.75. The van der Waals surface area contributed by atoms with Crippen LogP contribution in [0.2, 0.25) is 0 Å². The molecule has 1 rings (SSSR count). The number of nitrogens with one attached hydrogen (secondary N) is 1. The number of methoxy groups -OCH3 is 1. The fourth-order valence-corrected chi connectivity index (χ4v) is 1.39. The highest BCUT2D eigenvalue weighted by molar-refractivity contribution is 5.68. The number of hydrogen-bond acceptors (Lipinski definition) is 3. The van der Waals surface area contributed by atoms with E-state index in [4.69, 9.17) is 9.84 Å². The summed E-state index contributed by atoms with van der Waals surface area (Å²) >= 11 is 0. The summed E-state index contributed by atoms with van der Waals surface area (Å²) in [6, 6.07) is 6.40. The minimum atomic E-state index is -0.970. The van der Waals surface area contributed by atoms with Gasteiger partial charge in [-0.2, -0.15) is 0 Å². The zero-order chi connectivity index (χ0) is 12.0. The van der Waals surface area contributed by atoms with Crippen molar-refractivity contribution in [2.75, 3.05) is 7.11 Å². The molecular weight excluding hydrogens is 210 g/mol. The molecule has 2 N–H and O–H groups in total. The standard InChI is InChI=1S/C11H13NO4/c1-16-9-4-2-3-8(5-9)10(12-7-13)6-11(14)15/h2-5,7,10H,6H2,1H3,(H,12,13)(H,14,15)/t10-/m0/s1. The summed E-state index contributed by atoms with van der Waals surface area (Å²) in [5, 5.41) is 11.2. The van der Waals surface area contributed by atoms with Crippen LogP contribution in [0.3, 0.4) is 0 Å². The Morgan fingerprint density at radius 2 is 2.38 bits per heavy atom. The molecule has 1 aromatic rings. The van der Waals surface area contributed by atoms with Crippen LogP contribution in [0, 0.1) is 0 Å². The van der Waals surface area contributed by atoms with Crippen molar-refractivity contribution < 1.29 is 19.4 Å². The molecule has 0 bridgehead atoms. The predicted molar refractivity (Wildman–Crippen MR) is 57.2 cm³/mol. The van der Waals surface area contributed by atoms with E-state index in [2.05, 4.69) is 5.32 Å². The zero-order valence-electron chi connectivity index (χ0n) is 8.84. The molecule has 0 aliphatic carbocycles. The van der Waals surface area contributed by atoms with Gasteiger partial charge in [0.15, 0.2) is 0 Å². The van der Waals surface area contributed by atoms with Crippen molar-refractivity contribution in [2.45, 2.75) is 12.5 Å². The lowest BCUT2D eigenvalue weighted by Gasteiger charge is -2.14. The SMILES string of the molecule is COc1cccc([C@H](CC(=O)O)NC=O)c1. The van der Waals surface area contributed by atoms with Crippen LogP contribution in [0.5, 0.6) is 5.75 Å². The lowest BCUT2D eigenvalue weighted by molar-refractivity contribution is -0.137. The maximum absolute atomic E-state index is 10.6. The summed E-state index contributed by atoms with van der Waals surface area (Å²) in [5.41, 5.74) is 0.703. The quantitative estimate of drug-likeness (QED) is 0.704. The molecule has 0 radical (unpaired) electrons. The van der Waals surface area contributed by atoms with Crippen molar-refractivity contribution in [3.05, 3.63) is 29.8 Å². The first-order valence-electron chi connectivity index (χ1n) is 4.72. The fourth-order valence-electron chi connectivity index (χ4n) is 1.39. The second-order valence-corrected chi connectivity index (χ2v) is 3.21. The maximum atomic E-state index is 10.6. The third kappa shape index (κ3) is 3.27. The molecule has 5 heteroatoms. The molecule has 0 unspecified atom stereocenters. The van der Waals surface area contributed by atoms with Crippen LogP contribution in [0.1, 0.15) is 18.0 Å². The van der Waals surface area contributed by atoms with Gasteiger partial charge in [-0.3, -0.25) is 9.59 Å². The molecule has 86 valence electrons. The van der Waals surface area contributed by atoms with E-state index in [1.165, 1.54) is 7.11 Å². The van der Waals surface area contributed by atoms with Gasteiger partial charge in [0.1, 0.15) is 5.75 Å². The van der Waals surface area contributed by atoms with E-state index in [0.717, 1.165) is 0 Å². The smallest absolute Gasteiger partial charge is 0.305 e. The summed E-state index contributed by atoms with van der Waals surface area (Å²) in [6.07, 6.45) is 0.332. The number of amides is 1. The van der Waals surface area contributed by atoms with Gasteiger partial charge in [-0.1, -0.05) is 12.1 Å². The number of carbonyl (C=O) groups excluding carboxylic acids is 1. The van der Waals surface area contributed by atoms with E-state index >= 15 is 0 Å². The number of benzene rings is 1. The van der Waals surface area contributed by atoms with Gasteiger partial charge in [-0.25, -0.2) is 0 Å². The van der Waals surface area contributed by atoms with Gasteiger partial charge >= 0.3 is 5.97 Å². The number of carbonyl (C=O) groups is 2. The van der Waals surface area contributed by atoms with Crippen molar-refractivity contribution in [1.29, 1.82) is 0 Å². The van der Waals surface area contributed by atoms with E-state index in [0.29, 0.717) is 17.7 Å². The maximum Gasteiger partial charge on any atom is 0.305 e. The van der Waals surface area contributed by atoms with Crippen LogP contribution in [-0.2, 0) is 9.59 Å². The molecule has 0 saturated heterocycles. The largest absolute Gasteiger partial charge is 0.497 e. The topological polar surface area (TPSA) is 75.6 Å². The molecule has 0 aliphatic heterocycles. The lowest BCUT2D eigenvalue weighted by atomic mass is 10.0. The minimum Gasteiger partial charge on any atom is -0.497 e. The van der Waals surface area contributed by atoms with Crippen molar-refractivity contribution in [3.63, 3.8) is 0 Å². The van der Waals surface area contributed by atoms with Crippen molar-refractivity contribution in [1.82, 2.24) is 5.32 Å². The van der Waals surface area contributed by atoms with Crippen LogP contribution in [-0.4, -0.2) is 24.6 Å². The molecule has 0 fully saturated rings. The molecule has 1 amide bonds. The molecule has 0 aliphatic rings. The minimum absolute atomic E-state index is 0.161. The number of aliphatic carboxylic acids is 1. The number of hydrogen-bond donors (Lipinski definition) is 2. The van der Waals surface area contributed by atoms with Crippen LogP contribution in [0.4, 0.5) is 0 Å². The van der Waals surface area contributed by atoms with Crippen LogP contribution in [0.15, 0.2) is 24.3 Å². The van der Waals surface area contributed by atoms with Gasteiger partial charge in [0.05, 0.1) is 19.6 Å². The first kappa shape index (κ1) is 12.0. The summed E-state index contributed by atoms with van der Waals surface area (Å²) < 4.78 is 5.02. The van der Waals surface area contributed by atoms with Crippen molar-refractivity contribution in [3.8, 4) is 5.75 Å². The number of ether oxygens (including phenoxy) is 1. The molecule has 0 spiro atoms. The monoisotopic (exact) mass is 223 g/mol. The number of carboxylic acids is 1. The summed E-state index contributed by atoms with van der Waals surface area (Å²) in [6.45, 7) is 0. The zero-order valence-corrected chi connectivity index (χ0v) is 8.84. The van der Waals surface area contributed by atoms with Gasteiger partial charge in [0.25, 0.3) is 0 Å². The summed E-state index contributed by atoms with van der Waals surface area (Å²) in [7, 11) is 1.53. The highest BCUT2D eigenvalue weighted by atomic mass is 16.5. The molecule has 1 atom stereocenters. The van der Waals surface area contributed by atoms with Gasteiger partial charge in [0, 0.05) is 0 Å². The van der Waals surface area contributed by atoms with E-state index in [9.17, 15) is 9.59 Å². The molecule has 5 nitrogen and oxygen atoms in total. The molecule has 0 aromatic heterocycles. The Balaban J connectivity index is 2.90. The lowest BCUT2D eigenvalue weighted by Crippen LogP contribution is -2.22. The van der Waals surface area contributed by atoms with E-state index in [-0.39, 0.29) is 6.42 Å². The number of rotatable bonds is 6. The highest BCUT2D eigenvalue weighted by Gasteiger charge is 2.14. The average Bonchev–Trinajstić information content (AvgIpc) is 2.28. The molecule has 1 aromatic carbocycles. The van der Waals surface area contributed by atoms with Crippen LogP contribution < -0.4 is 10.1 Å². The molecule has 0 heterocycles. The summed E-state index contributed by atoms with van der Waals surface area (Å²) in [4.78, 5) is 21.0. The molecular formula is C11H13NO4. The second-order valence-electron chi connectivity index (χ2n) is 3.21. The van der Waals surface area contributed by atoms with Crippen molar-refractivity contribution in [2.24, 2.45) is 0 Å². The van der Waals surface area contributed by atoms with Crippen LogP contribution >= 0.6 is 0 Å². The number of carboxylic acid groups (broad SMARTS) is 1. The van der Waals surface area contributed by atoms with Crippen LogP contribution in [0.25, 0.3) is 0 Å². The Kier molecular flexibility index (Phi) is 4.32. The van der Waals surface area contributed by atoms with E-state index < -0.39 is 12.0 Å². The molecule has 16 heavy (non-hydrogen) atoms. The van der Waals surface area contributed by atoms with Gasteiger partial charge in [-0.15, -0.1) is 0 Å². The molecule has 0 saturated carbocycles. The summed E-state index contributed by atoms with van der Waals surface area (Å²) in [5.74, 6) is -0.345. The Labute approximate surface area is 93.0 Å².